The minimum atomic E-state index is -0.184. The van der Waals surface area contributed by atoms with Gasteiger partial charge in [0, 0.05) is 60.3 Å². The van der Waals surface area contributed by atoms with Gasteiger partial charge in [0.15, 0.2) is 0 Å². The molecule has 1 saturated heterocycles. The molecule has 0 unspecified atom stereocenters. The van der Waals surface area contributed by atoms with Crippen LogP contribution in [0.3, 0.4) is 0 Å². The van der Waals surface area contributed by atoms with E-state index in [1.54, 1.807) is 18.5 Å². The number of aromatic nitrogens is 2. The molecule has 1 aromatic carbocycles. The van der Waals surface area contributed by atoms with Gasteiger partial charge in [-0.2, -0.15) is 0 Å². The largest absolute Gasteiger partial charge is 0.395 e. The number of hydrogen-bond acceptors (Lipinski definition) is 6. The van der Waals surface area contributed by atoms with Crippen molar-refractivity contribution >= 4 is 40.1 Å². The maximum Gasteiger partial charge on any atom is 0.226 e. The van der Waals surface area contributed by atoms with Crippen LogP contribution in [0.25, 0.3) is 0 Å². The highest BCUT2D eigenvalue weighted by atomic mass is 127. The molecular weight excluding hydrogens is 445 g/mol. The number of anilines is 2. The molecule has 0 spiro atoms. The molecule has 1 atom stereocenters. The first kappa shape index (κ1) is 19.0. The van der Waals surface area contributed by atoms with Gasteiger partial charge in [0.2, 0.25) is 11.9 Å². The molecule has 0 aliphatic carbocycles. The molecule has 1 fully saturated rings. The Labute approximate surface area is 166 Å². The second-order valence-electron chi connectivity index (χ2n) is 6.17. The molecule has 0 radical (unpaired) electrons. The van der Waals surface area contributed by atoms with Gasteiger partial charge in [-0.25, -0.2) is 9.97 Å². The Morgan fingerprint density at radius 3 is 2.58 bits per heavy atom. The number of benzene rings is 1. The van der Waals surface area contributed by atoms with Gasteiger partial charge in [-0.3, -0.25) is 9.69 Å². The predicted molar refractivity (Wildman–Crippen MR) is 109 cm³/mol. The van der Waals surface area contributed by atoms with E-state index in [1.165, 1.54) is 0 Å². The summed E-state index contributed by atoms with van der Waals surface area (Å²) in [5.74, 6) is 0.643. The van der Waals surface area contributed by atoms with E-state index in [4.69, 9.17) is 0 Å². The first-order valence-electron chi connectivity index (χ1n) is 8.58. The zero-order valence-electron chi connectivity index (χ0n) is 14.4. The van der Waals surface area contributed by atoms with Crippen molar-refractivity contribution in [2.75, 3.05) is 43.0 Å². The first-order chi connectivity index (χ1) is 12.7. The first-order valence-corrected chi connectivity index (χ1v) is 9.66. The van der Waals surface area contributed by atoms with Crippen molar-refractivity contribution < 1.29 is 9.90 Å². The standard InChI is InChI=1S/C18H22IN5O2/c19-14-3-1-4-15(11-14)22-17(26)12-16(13-25)23-7-9-24(10-8-23)18-20-5-2-6-21-18/h1-6,11,16,25H,7-10,12-13H2,(H,22,26)/t16-/m0/s1. The number of aliphatic hydroxyl groups is 1. The average molecular weight is 467 g/mol. The third-order valence-corrected chi connectivity index (χ3v) is 5.08. The van der Waals surface area contributed by atoms with E-state index in [2.05, 4.69) is 47.7 Å². The van der Waals surface area contributed by atoms with Crippen LogP contribution < -0.4 is 10.2 Å². The van der Waals surface area contributed by atoms with Crippen LogP contribution in [-0.2, 0) is 4.79 Å². The molecule has 7 nitrogen and oxygen atoms in total. The Bertz CT molecular complexity index is 723. The number of rotatable bonds is 6. The molecule has 2 aromatic rings. The number of carbonyl (C=O) groups is 1. The van der Waals surface area contributed by atoms with Crippen LogP contribution in [0, 0.1) is 3.57 Å². The van der Waals surface area contributed by atoms with Crippen LogP contribution in [0.15, 0.2) is 42.7 Å². The SMILES string of the molecule is O=C(C[C@@H](CO)N1CCN(c2ncccn2)CC1)Nc1cccc(I)c1. The van der Waals surface area contributed by atoms with Crippen molar-refractivity contribution in [2.45, 2.75) is 12.5 Å². The lowest BCUT2D eigenvalue weighted by atomic mass is 10.1. The lowest BCUT2D eigenvalue weighted by Gasteiger charge is -2.38. The van der Waals surface area contributed by atoms with Gasteiger partial charge in [0.05, 0.1) is 6.61 Å². The Balaban J connectivity index is 1.52. The lowest BCUT2D eigenvalue weighted by Crippen LogP contribution is -2.52. The summed E-state index contributed by atoms with van der Waals surface area (Å²) in [6.07, 6.45) is 3.74. The van der Waals surface area contributed by atoms with Crippen LogP contribution in [0.4, 0.5) is 11.6 Å². The Kier molecular flexibility index (Phi) is 6.75. The topological polar surface area (TPSA) is 81.6 Å². The van der Waals surface area contributed by atoms with Crippen LogP contribution in [-0.4, -0.2) is 64.7 Å². The van der Waals surface area contributed by atoms with E-state index < -0.39 is 0 Å². The number of piperazine rings is 1. The molecule has 8 heteroatoms. The number of hydrogen-bond donors (Lipinski definition) is 2. The van der Waals surface area contributed by atoms with Crippen molar-refractivity contribution in [3.63, 3.8) is 0 Å². The van der Waals surface area contributed by atoms with Crippen molar-refractivity contribution in [1.29, 1.82) is 0 Å². The molecule has 1 aromatic heterocycles. The zero-order valence-corrected chi connectivity index (χ0v) is 16.5. The highest BCUT2D eigenvalue weighted by Gasteiger charge is 2.26. The number of halogens is 1. The van der Waals surface area contributed by atoms with Gasteiger partial charge < -0.3 is 15.3 Å². The summed E-state index contributed by atoms with van der Waals surface area (Å²) in [4.78, 5) is 25.2. The molecule has 0 bridgehead atoms. The van der Waals surface area contributed by atoms with Gasteiger partial charge >= 0.3 is 0 Å². The third-order valence-electron chi connectivity index (χ3n) is 4.41. The monoisotopic (exact) mass is 467 g/mol. The molecule has 1 aliphatic heterocycles. The second kappa shape index (κ2) is 9.24. The summed E-state index contributed by atoms with van der Waals surface area (Å²) in [5.41, 5.74) is 0.782. The van der Waals surface area contributed by atoms with Crippen LogP contribution in [0.2, 0.25) is 0 Å². The molecular formula is C18H22IN5O2. The molecule has 2 heterocycles. The van der Waals surface area contributed by atoms with E-state index in [9.17, 15) is 9.90 Å². The van der Waals surface area contributed by atoms with E-state index >= 15 is 0 Å². The lowest BCUT2D eigenvalue weighted by molar-refractivity contribution is -0.117. The molecule has 2 N–H and O–H groups in total. The maximum absolute atomic E-state index is 12.3. The van der Waals surface area contributed by atoms with E-state index in [0.29, 0.717) is 0 Å². The fourth-order valence-electron chi connectivity index (χ4n) is 3.04. The van der Waals surface area contributed by atoms with E-state index in [-0.39, 0.29) is 25.0 Å². The molecule has 1 amide bonds. The molecule has 26 heavy (non-hydrogen) atoms. The summed E-state index contributed by atoms with van der Waals surface area (Å²) < 4.78 is 1.07. The Morgan fingerprint density at radius 2 is 1.92 bits per heavy atom. The maximum atomic E-state index is 12.3. The zero-order chi connectivity index (χ0) is 18.4. The fourth-order valence-corrected chi connectivity index (χ4v) is 3.59. The van der Waals surface area contributed by atoms with Crippen molar-refractivity contribution in [3.8, 4) is 0 Å². The van der Waals surface area contributed by atoms with Gasteiger partial charge in [-0.05, 0) is 46.9 Å². The van der Waals surface area contributed by atoms with Crippen LogP contribution >= 0.6 is 22.6 Å². The van der Waals surface area contributed by atoms with Crippen molar-refractivity contribution in [1.82, 2.24) is 14.9 Å². The van der Waals surface area contributed by atoms with Crippen LogP contribution in [0.1, 0.15) is 6.42 Å². The highest BCUT2D eigenvalue weighted by Crippen LogP contribution is 2.16. The number of carbonyl (C=O) groups excluding carboxylic acids is 1. The summed E-state index contributed by atoms with van der Waals surface area (Å²) in [6, 6.07) is 9.29. The second-order valence-corrected chi connectivity index (χ2v) is 7.42. The third kappa shape index (κ3) is 5.12. The van der Waals surface area contributed by atoms with Gasteiger partial charge in [0.25, 0.3) is 0 Å². The van der Waals surface area contributed by atoms with Gasteiger partial charge in [0.1, 0.15) is 0 Å². The summed E-state index contributed by atoms with van der Waals surface area (Å²) in [6.45, 7) is 3.04. The summed E-state index contributed by atoms with van der Waals surface area (Å²) in [5, 5.41) is 12.7. The van der Waals surface area contributed by atoms with E-state index in [1.807, 2.05) is 24.3 Å². The average Bonchev–Trinajstić information content (AvgIpc) is 2.67. The summed E-state index contributed by atoms with van der Waals surface area (Å²) in [7, 11) is 0. The number of nitrogens with zero attached hydrogens (tertiary/aromatic N) is 4. The van der Waals surface area contributed by atoms with Gasteiger partial charge in [-0.1, -0.05) is 6.07 Å². The minimum Gasteiger partial charge on any atom is -0.395 e. The number of aliphatic hydroxyl groups excluding tert-OH is 1. The minimum absolute atomic E-state index is 0.0401. The molecule has 1 aliphatic rings. The Hall–Kier alpha value is -1.78. The van der Waals surface area contributed by atoms with Gasteiger partial charge in [-0.15, -0.1) is 0 Å². The molecule has 3 rings (SSSR count). The smallest absolute Gasteiger partial charge is 0.226 e. The van der Waals surface area contributed by atoms with Crippen molar-refractivity contribution in [3.05, 3.63) is 46.3 Å². The van der Waals surface area contributed by atoms with E-state index in [0.717, 1.165) is 41.4 Å². The Morgan fingerprint density at radius 1 is 1.19 bits per heavy atom. The number of amides is 1. The molecule has 0 saturated carbocycles. The van der Waals surface area contributed by atoms with Crippen molar-refractivity contribution in [2.24, 2.45) is 0 Å². The number of nitrogens with one attached hydrogen (secondary N) is 1. The predicted octanol–water partition coefficient (Wildman–Crippen LogP) is 1.59. The van der Waals surface area contributed by atoms with Crippen LogP contribution in [0.5, 0.6) is 0 Å². The fraction of sp³-hybridized carbons (Fsp3) is 0.389. The molecule has 138 valence electrons. The highest BCUT2D eigenvalue weighted by molar-refractivity contribution is 14.1. The normalized spacial score (nSPS) is 16.3. The summed E-state index contributed by atoms with van der Waals surface area (Å²) >= 11 is 2.21. The quantitative estimate of drug-likeness (QED) is 0.629.